The van der Waals surface area contributed by atoms with E-state index in [4.69, 9.17) is 21.1 Å². The Bertz CT molecular complexity index is 1970. The number of esters is 1. The standard InChI is InChI=1S/C39H37ClF3N3O5/c1-50-28-13-10-24(11-14-28)21-38(37(49)51-2)34-27(23-46(38)35(47)26-8-4-3-5-9-26)19-32-29(34)20-33(36(48)44-16-6-7-17-44)45(32)22-25-12-15-31(40)30(18-25)39(41,42)43/h3-5,8-15,18,20,27,34H,6-7,16-17,19,21-23H2,1-2H3/t27-,34+,38+/m0/s1. The second-order valence-corrected chi connectivity index (χ2v) is 13.9. The van der Waals surface area contributed by atoms with Crippen molar-refractivity contribution in [3.05, 3.63) is 123 Å². The lowest BCUT2D eigenvalue weighted by molar-refractivity contribution is -0.153. The van der Waals surface area contributed by atoms with Crippen LogP contribution in [0, 0.1) is 5.92 Å². The van der Waals surface area contributed by atoms with Crippen LogP contribution in [-0.4, -0.2) is 71.5 Å². The zero-order valence-electron chi connectivity index (χ0n) is 28.2. The van der Waals surface area contributed by atoms with Gasteiger partial charge in [-0.3, -0.25) is 9.59 Å². The molecule has 7 rings (SSSR count). The lowest BCUT2D eigenvalue weighted by Crippen LogP contribution is -2.58. The summed E-state index contributed by atoms with van der Waals surface area (Å²) in [5, 5.41) is -0.406. The van der Waals surface area contributed by atoms with E-state index < -0.39 is 34.2 Å². The van der Waals surface area contributed by atoms with Crippen molar-refractivity contribution in [1.29, 1.82) is 0 Å². The third kappa shape index (κ3) is 6.05. The number of rotatable bonds is 8. The lowest BCUT2D eigenvalue weighted by atomic mass is 9.75. The first-order valence-corrected chi connectivity index (χ1v) is 17.3. The Balaban J connectivity index is 1.39. The van der Waals surface area contributed by atoms with E-state index in [1.165, 1.54) is 19.2 Å². The number of alkyl halides is 3. The molecule has 12 heteroatoms. The van der Waals surface area contributed by atoms with Crippen LogP contribution < -0.4 is 4.74 Å². The van der Waals surface area contributed by atoms with Gasteiger partial charge in [0.2, 0.25) is 0 Å². The van der Waals surface area contributed by atoms with Gasteiger partial charge in [0, 0.05) is 49.8 Å². The van der Waals surface area contributed by atoms with Gasteiger partial charge in [0.1, 0.15) is 11.4 Å². The molecule has 0 unspecified atom stereocenters. The smallest absolute Gasteiger partial charge is 0.417 e. The fourth-order valence-electron chi connectivity index (χ4n) is 8.37. The summed E-state index contributed by atoms with van der Waals surface area (Å²) in [7, 11) is 2.87. The second kappa shape index (κ2) is 13.4. The van der Waals surface area contributed by atoms with E-state index in [9.17, 15) is 27.6 Å². The number of benzene rings is 3. The molecule has 1 aliphatic carbocycles. The van der Waals surface area contributed by atoms with E-state index in [-0.39, 0.29) is 37.2 Å². The molecule has 3 atom stereocenters. The summed E-state index contributed by atoms with van der Waals surface area (Å²) in [5.74, 6) is -1.31. The highest BCUT2D eigenvalue weighted by Crippen LogP contribution is 2.55. The number of halogens is 4. The molecule has 0 spiro atoms. The van der Waals surface area contributed by atoms with Crippen LogP contribution in [0.1, 0.15) is 67.6 Å². The predicted octanol–water partition coefficient (Wildman–Crippen LogP) is 7.02. The summed E-state index contributed by atoms with van der Waals surface area (Å²) in [6.45, 7) is 1.36. The highest BCUT2D eigenvalue weighted by atomic mass is 35.5. The van der Waals surface area contributed by atoms with E-state index in [1.54, 1.807) is 63.9 Å². The Morgan fingerprint density at radius 1 is 0.902 bits per heavy atom. The number of carbonyl (C=O) groups excluding carboxylic acids is 3. The number of hydrogen-bond donors (Lipinski definition) is 0. The molecular weight excluding hydrogens is 683 g/mol. The highest BCUT2D eigenvalue weighted by Gasteiger charge is 2.64. The number of ether oxygens (including phenoxy) is 2. The molecule has 266 valence electrons. The molecular formula is C39H37ClF3N3O5. The summed E-state index contributed by atoms with van der Waals surface area (Å²) in [4.78, 5) is 46.3. The van der Waals surface area contributed by atoms with Gasteiger partial charge in [-0.1, -0.05) is 48.0 Å². The molecule has 0 N–H and O–H groups in total. The Morgan fingerprint density at radius 2 is 1.59 bits per heavy atom. The number of likely N-dealkylation sites (tertiary alicyclic amines) is 2. The van der Waals surface area contributed by atoms with Crippen LogP contribution in [0.4, 0.5) is 13.2 Å². The van der Waals surface area contributed by atoms with Crippen molar-refractivity contribution in [1.82, 2.24) is 14.4 Å². The quantitative estimate of drug-likeness (QED) is 0.183. The van der Waals surface area contributed by atoms with E-state index in [2.05, 4.69) is 0 Å². The molecule has 3 aliphatic rings. The highest BCUT2D eigenvalue weighted by molar-refractivity contribution is 6.31. The minimum Gasteiger partial charge on any atom is -0.497 e. The minimum absolute atomic E-state index is 0.0136. The summed E-state index contributed by atoms with van der Waals surface area (Å²) in [5.41, 5.74) is 0.877. The summed E-state index contributed by atoms with van der Waals surface area (Å²) >= 11 is 5.96. The number of hydrogen-bond acceptors (Lipinski definition) is 5. The normalized spacial score (nSPS) is 21.1. The van der Waals surface area contributed by atoms with Gasteiger partial charge in [-0.15, -0.1) is 0 Å². The van der Waals surface area contributed by atoms with Crippen molar-refractivity contribution in [3.8, 4) is 5.75 Å². The van der Waals surface area contributed by atoms with E-state index in [1.807, 2.05) is 18.2 Å². The predicted molar refractivity (Wildman–Crippen MR) is 184 cm³/mol. The number of methoxy groups -OCH3 is 2. The van der Waals surface area contributed by atoms with Crippen molar-refractivity contribution < 1.29 is 37.0 Å². The molecule has 0 saturated carbocycles. The van der Waals surface area contributed by atoms with Crippen LogP contribution in [0.15, 0.2) is 78.9 Å². The lowest BCUT2D eigenvalue weighted by Gasteiger charge is -2.40. The molecule has 51 heavy (non-hydrogen) atoms. The Kier molecular flexibility index (Phi) is 9.12. The van der Waals surface area contributed by atoms with Crippen LogP contribution in [0.5, 0.6) is 5.75 Å². The first kappa shape index (κ1) is 34.7. The number of amides is 2. The minimum atomic E-state index is -4.66. The van der Waals surface area contributed by atoms with Gasteiger partial charge < -0.3 is 23.8 Å². The zero-order chi connectivity index (χ0) is 36.1. The SMILES string of the molecule is COC(=O)[C@@]1(Cc2ccc(OC)cc2)[C@H]2c3cc(C(=O)N4CCCC4)n(Cc4ccc(Cl)c(C(F)(F)F)c4)c3C[C@H]2CN1C(=O)c1ccccc1. The summed E-state index contributed by atoms with van der Waals surface area (Å²) in [6.07, 6.45) is -2.44. The van der Waals surface area contributed by atoms with Crippen LogP contribution in [-0.2, 0) is 35.1 Å². The summed E-state index contributed by atoms with van der Waals surface area (Å²) in [6, 6.07) is 21.6. The number of aromatic nitrogens is 1. The van der Waals surface area contributed by atoms with E-state index >= 15 is 0 Å². The topological polar surface area (TPSA) is 81.1 Å². The first-order valence-electron chi connectivity index (χ1n) is 16.9. The molecule has 0 bridgehead atoms. The van der Waals surface area contributed by atoms with Crippen molar-refractivity contribution >= 4 is 29.4 Å². The molecule has 2 fully saturated rings. The van der Waals surface area contributed by atoms with Gasteiger partial charge in [0.05, 0.1) is 24.8 Å². The Labute approximate surface area is 298 Å². The zero-order valence-corrected chi connectivity index (χ0v) is 29.0. The molecule has 4 aromatic rings. The molecule has 2 aliphatic heterocycles. The first-order chi connectivity index (χ1) is 24.5. The Hall–Kier alpha value is -4.77. The average molecular weight is 720 g/mol. The van der Waals surface area contributed by atoms with Crippen molar-refractivity contribution in [3.63, 3.8) is 0 Å². The van der Waals surface area contributed by atoms with Gasteiger partial charge in [-0.2, -0.15) is 13.2 Å². The van der Waals surface area contributed by atoms with Crippen molar-refractivity contribution in [2.45, 2.75) is 49.9 Å². The van der Waals surface area contributed by atoms with Crippen LogP contribution in [0.25, 0.3) is 0 Å². The number of nitrogens with zero attached hydrogens (tertiary/aromatic N) is 3. The largest absolute Gasteiger partial charge is 0.497 e. The molecule has 3 aromatic carbocycles. The maximum absolute atomic E-state index is 14.4. The molecule has 2 saturated heterocycles. The van der Waals surface area contributed by atoms with Crippen LogP contribution in [0.3, 0.4) is 0 Å². The molecule has 3 heterocycles. The van der Waals surface area contributed by atoms with Crippen LogP contribution >= 0.6 is 11.6 Å². The molecule has 8 nitrogen and oxygen atoms in total. The van der Waals surface area contributed by atoms with Gasteiger partial charge in [0.15, 0.2) is 5.54 Å². The molecule has 0 radical (unpaired) electrons. The fourth-order valence-corrected chi connectivity index (χ4v) is 8.59. The van der Waals surface area contributed by atoms with Gasteiger partial charge >= 0.3 is 12.1 Å². The Morgan fingerprint density at radius 3 is 2.24 bits per heavy atom. The summed E-state index contributed by atoms with van der Waals surface area (Å²) < 4.78 is 54.4. The molecule has 2 amide bonds. The van der Waals surface area contributed by atoms with E-state index in [0.717, 1.165) is 35.7 Å². The third-order valence-corrected chi connectivity index (χ3v) is 11.0. The fraction of sp³-hybridized carbons (Fsp3) is 0.359. The maximum atomic E-state index is 14.4. The van der Waals surface area contributed by atoms with Gasteiger partial charge in [0.25, 0.3) is 11.8 Å². The monoisotopic (exact) mass is 719 g/mol. The van der Waals surface area contributed by atoms with Gasteiger partial charge in [-0.05, 0) is 84.3 Å². The maximum Gasteiger partial charge on any atom is 0.417 e. The molecule has 1 aromatic heterocycles. The number of carbonyl (C=O) groups is 3. The average Bonchev–Trinajstić information content (AvgIpc) is 3.92. The second-order valence-electron chi connectivity index (χ2n) is 13.5. The van der Waals surface area contributed by atoms with E-state index in [0.29, 0.717) is 42.1 Å². The van der Waals surface area contributed by atoms with Crippen molar-refractivity contribution in [2.75, 3.05) is 33.9 Å². The van der Waals surface area contributed by atoms with Crippen LogP contribution in [0.2, 0.25) is 5.02 Å². The van der Waals surface area contributed by atoms with Gasteiger partial charge in [-0.25, -0.2) is 4.79 Å². The third-order valence-electron chi connectivity index (χ3n) is 10.6. The number of fused-ring (bicyclic) bond motifs is 3. The van der Waals surface area contributed by atoms with Crippen molar-refractivity contribution in [2.24, 2.45) is 5.92 Å².